The summed E-state index contributed by atoms with van der Waals surface area (Å²) in [6.07, 6.45) is -4.59. The third-order valence-corrected chi connectivity index (χ3v) is 4.37. The Kier molecular flexibility index (Phi) is 5.73. The molecule has 0 atom stereocenters. The standard InChI is InChI=1S/C19H14F3IN4/c1-12(13-7-9-15(23)10-8-13)26-27-17-11-16(19(20,21)22)24-18(25-17)14-5-3-2-4-6-14/h2-11H,1H3,(H,24,25,27). The lowest BCUT2D eigenvalue weighted by molar-refractivity contribution is -0.141. The fourth-order valence-electron chi connectivity index (χ4n) is 2.26. The van der Waals surface area contributed by atoms with Crippen molar-refractivity contribution in [3.63, 3.8) is 0 Å². The Morgan fingerprint density at radius 3 is 2.30 bits per heavy atom. The van der Waals surface area contributed by atoms with Crippen LogP contribution in [-0.4, -0.2) is 15.7 Å². The minimum absolute atomic E-state index is 0.0185. The summed E-state index contributed by atoms with van der Waals surface area (Å²) in [5, 5.41) is 4.16. The maximum atomic E-state index is 13.2. The zero-order chi connectivity index (χ0) is 19.4. The fraction of sp³-hybridized carbons (Fsp3) is 0.105. The van der Waals surface area contributed by atoms with Gasteiger partial charge in [0.05, 0.1) is 5.71 Å². The van der Waals surface area contributed by atoms with Crippen LogP contribution in [-0.2, 0) is 6.18 Å². The van der Waals surface area contributed by atoms with E-state index in [2.05, 4.69) is 43.1 Å². The summed E-state index contributed by atoms with van der Waals surface area (Å²) in [7, 11) is 0. The molecule has 1 N–H and O–H groups in total. The average Bonchev–Trinajstić information content (AvgIpc) is 2.66. The number of hydrogen-bond acceptors (Lipinski definition) is 4. The molecule has 138 valence electrons. The van der Waals surface area contributed by atoms with Crippen molar-refractivity contribution in [2.24, 2.45) is 5.10 Å². The zero-order valence-corrected chi connectivity index (χ0v) is 16.3. The Bertz CT molecular complexity index is 955. The fourth-order valence-corrected chi connectivity index (χ4v) is 2.62. The highest BCUT2D eigenvalue weighted by atomic mass is 127. The maximum absolute atomic E-state index is 13.2. The van der Waals surface area contributed by atoms with Crippen LogP contribution in [0.1, 0.15) is 18.2 Å². The molecule has 3 rings (SSSR count). The van der Waals surface area contributed by atoms with Gasteiger partial charge >= 0.3 is 6.18 Å². The Balaban J connectivity index is 1.94. The van der Waals surface area contributed by atoms with E-state index in [0.29, 0.717) is 11.3 Å². The summed E-state index contributed by atoms with van der Waals surface area (Å²) >= 11 is 2.19. The number of aromatic nitrogens is 2. The molecule has 0 unspecified atom stereocenters. The van der Waals surface area contributed by atoms with Gasteiger partial charge in [0.1, 0.15) is 0 Å². The molecule has 0 amide bonds. The van der Waals surface area contributed by atoms with Gasteiger partial charge < -0.3 is 0 Å². The van der Waals surface area contributed by atoms with Gasteiger partial charge in [0.25, 0.3) is 0 Å². The molecule has 0 aliphatic heterocycles. The molecule has 0 fully saturated rings. The van der Waals surface area contributed by atoms with E-state index in [1.165, 1.54) is 0 Å². The van der Waals surface area contributed by atoms with E-state index in [4.69, 9.17) is 0 Å². The number of rotatable bonds is 4. The lowest BCUT2D eigenvalue weighted by Crippen LogP contribution is -2.11. The van der Waals surface area contributed by atoms with Crippen LogP contribution < -0.4 is 5.43 Å². The number of anilines is 1. The SMILES string of the molecule is CC(=NNc1cc(C(F)(F)F)nc(-c2ccccc2)n1)c1ccc(I)cc1. The van der Waals surface area contributed by atoms with Crippen molar-refractivity contribution >= 4 is 34.1 Å². The highest BCUT2D eigenvalue weighted by Gasteiger charge is 2.33. The van der Waals surface area contributed by atoms with Crippen molar-refractivity contribution in [2.45, 2.75) is 13.1 Å². The van der Waals surface area contributed by atoms with Gasteiger partial charge in [-0.15, -0.1) is 0 Å². The predicted molar refractivity (Wildman–Crippen MR) is 107 cm³/mol. The molecule has 0 bridgehead atoms. The molecule has 1 aromatic heterocycles. The second-order valence-corrected chi connectivity index (χ2v) is 6.89. The van der Waals surface area contributed by atoms with E-state index in [1.807, 2.05) is 24.3 Å². The maximum Gasteiger partial charge on any atom is 0.433 e. The largest absolute Gasteiger partial charge is 0.433 e. The number of halogens is 4. The Morgan fingerprint density at radius 2 is 1.67 bits per heavy atom. The van der Waals surface area contributed by atoms with E-state index >= 15 is 0 Å². The number of hydrogen-bond donors (Lipinski definition) is 1. The summed E-state index contributed by atoms with van der Waals surface area (Å²) in [5.41, 5.74) is 3.56. The second-order valence-electron chi connectivity index (χ2n) is 5.64. The van der Waals surface area contributed by atoms with Gasteiger partial charge in [0.2, 0.25) is 0 Å². The molecule has 27 heavy (non-hydrogen) atoms. The van der Waals surface area contributed by atoms with Crippen molar-refractivity contribution in [2.75, 3.05) is 5.43 Å². The van der Waals surface area contributed by atoms with Crippen LogP contribution in [0.5, 0.6) is 0 Å². The smallest absolute Gasteiger partial charge is 0.261 e. The summed E-state index contributed by atoms with van der Waals surface area (Å²) in [6, 6.07) is 17.0. The molecule has 3 aromatic rings. The quantitative estimate of drug-likeness (QED) is 0.299. The van der Waals surface area contributed by atoms with Crippen LogP contribution in [0.2, 0.25) is 0 Å². The molecule has 0 aliphatic rings. The van der Waals surface area contributed by atoms with Crippen molar-refractivity contribution in [3.8, 4) is 11.4 Å². The first-order valence-corrected chi connectivity index (χ1v) is 8.99. The van der Waals surface area contributed by atoms with Crippen LogP contribution in [0.4, 0.5) is 19.0 Å². The van der Waals surface area contributed by atoms with E-state index in [-0.39, 0.29) is 11.6 Å². The van der Waals surface area contributed by atoms with Gasteiger partial charge in [0, 0.05) is 15.2 Å². The van der Waals surface area contributed by atoms with Gasteiger partial charge in [-0.1, -0.05) is 42.5 Å². The minimum atomic E-state index is -4.59. The lowest BCUT2D eigenvalue weighted by Gasteiger charge is -2.11. The molecule has 0 aliphatic carbocycles. The second kappa shape index (κ2) is 8.03. The monoisotopic (exact) mass is 482 g/mol. The first-order valence-electron chi connectivity index (χ1n) is 7.91. The minimum Gasteiger partial charge on any atom is -0.261 e. The number of hydrazone groups is 1. The molecule has 0 spiro atoms. The van der Waals surface area contributed by atoms with Crippen molar-refractivity contribution in [3.05, 3.63) is 75.5 Å². The van der Waals surface area contributed by atoms with Crippen LogP contribution in [0.25, 0.3) is 11.4 Å². The Morgan fingerprint density at radius 1 is 1.00 bits per heavy atom. The zero-order valence-electron chi connectivity index (χ0n) is 14.1. The van der Waals surface area contributed by atoms with Crippen LogP contribution in [0.15, 0.2) is 65.8 Å². The van der Waals surface area contributed by atoms with Crippen molar-refractivity contribution in [1.82, 2.24) is 9.97 Å². The summed E-state index contributed by atoms with van der Waals surface area (Å²) in [5.74, 6) is -0.0453. The number of nitrogens with zero attached hydrogens (tertiary/aromatic N) is 3. The third kappa shape index (κ3) is 5.03. The number of alkyl halides is 3. The van der Waals surface area contributed by atoms with Gasteiger partial charge in [-0.2, -0.15) is 18.3 Å². The van der Waals surface area contributed by atoms with Crippen LogP contribution in [0.3, 0.4) is 0 Å². The Labute approximate surface area is 167 Å². The van der Waals surface area contributed by atoms with E-state index < -0.39 is 11.9 Å². The third-order valence-electron chi connectivity index (χ3n) is 3.65. The predicted octanol–water partition coefficient (Wildman–Crippen LogP) is 5.60. The molecule has 2 aromatic carbocycles. The summed E-state index contributed by atoms with van der Waals surface area (Å²) < 4.78 is 40.7. The van der Waals surface area contributed by atoms with E-state index in [9.17, 15) is 13.2 Å². The van der Waals surface area contributed by atoms with Gasteiger partial charge in [-0.25, -0.2) is 9.97 Å². The molecule has 0 radical (unpaired) electrons. The summed E-state index contributed by atoms with van der Waals surface area (Å²) in [4.78, 5) is 7.81. The van der Waals surface area contributed by atoms with Crippen LogP contribution in [0, 0.1) is 3.57 Å². The Hall–Kier alpha value is -2.49. The van der Waals surface area contributed by atoms with E-state index in [0.717, 1.165) is 15.2 Å². The number of nitrogens with one attached hydrogen (secondary N) is 1. The van der Waals surface area contributed by atoms with Gasteiger partial charge in [-0.3, -0.25) is 5.43 Å². The number of benzene rings is 2. The molecule has 0 saturated heterocycles. The molecule has 4 nitrogen and oxygen atoms in total. The molecule has 1 heterocycles. The average molecular weight is 482 g/mol. The van der Waals surface area contributed by atoms with E-state index in [1.54, 1.807) is 37.3 Å². The molecule has 8 heteroatoms. The molecular weight excluding hydrogens is 468 g/mol. The highest BCUT2D eigenvalue weighted by Crippen LogP contribution is 2.30. The lowest BCUT2D eigenvalue weighted by atomic mass is 10.1. The first kappa shape index (κ1) is 19.3. The van der Waals surface area contributed by atoms with Gasteiger partial charge in [0.15, 0.2) is 17.3 Å². The normalized spacial score (nSPS) is 12.1. The summed E-state index contributed by atoms with van der Waals surface area (Å²) in [6.45, 7) is 1.76. The molecular formula is C19H14F3IN4. The molecule has 0 saturated carbocycles. The highest BCUT2D eigenvalue weighted by molar-refractivity contribution is 14.1. The topological polar surface area (TPSA) is 50.2 Å². The van der Waals surface area contributed by atoms with Crippen molar-refractivity contribution < 1.29 is 13.2 Å². The first-order chi connectivity index (χ1) is 12.8. The van der Waals surface area contributed by atoms with Crippen molar-refractivity contribution in [1.29, 1.82) is 0 Å². The van der Waals surface area contributed by atoms with Crippen LogP contribution >= 0.6 is 22.6 Å². The van der Waals surface area contributed by atoms with Gasteiger partial charge in [-0.05, 0) is 47.2 Å².